The van der Waals surface area contributed by atoms with E-state index < -0.39 is 0 Å². The summed E-state index contributed by atoms with van der Waals surface area (Å²) in [5.74, 6) is -0.0901. The number of para-hydroxylation sites is 1. The summed E-state index contributed by atoms with van der Waals surface area (Å²) in [6, 6.07) is 11.5. The first-order chi connectivity index (χ1) is 10.8. The third kappa shape index (κ3) is 2.93. The third-order valence-electron chi connectivity index (χ3n) is 3.58. The number of nitrogens with zero attached hydrogens (tertiary/aromatic N) is 4. The highest BCUT2D eigenvalue weighted by atomic mass is 16.2. The van der Waals surface area contributed by atoms with Crippen molar-refractivity contribution >= 4 is 16.8 Å². The molecule has 0 unspecified atom stereocenters. The van der Waals surface area contributed by atoms with Crippen LogP contribution in [0.15, 0.2) is 55.1 Å². The topological polar surface area (TPSA) is 59.0 Å². The van der Waals surface area contributed by atoms with Crippen LogP contribution in [0.3, 0.4) is 0 Å². The van der Waals surface area contributed by atoms with Gasteiger partial charge in [0.15, 0.2) is 0 Å². The highest BCUT2D eigenvalue weighted by molar-refractivity contribution is 6.03. The number of aromatic nitrogens is 3. The van der Waals surface area contributed by atoms with Gasteiger partial charge in [0.1, 0.15) is 12.0 Å². The average molecular weight is 292 g/mol. The van der Waals surface area contributed by atoms with Gasteiger partial charge in [0, 0.05) is 31.4 Å². The SMILES string of the molecule is CN(CCc1ccncc1)C(=O)c1ncnc2ccccc12. The van der Waals surface area contributed by atoms with Crippen LogP contribution in [0.2, 0.25) is 0 Å². The Hall–Kier alpha value is -2.82. The molecule has 2 aromatic heterocycles. The van der Waals surface area contributed by atoms with Crippen molar-refractivity contribution in [2.24, 2.45) is 0 Å². The number of carbonyl (C=O) groups is 1. The molecule has 3 aromatic rings. The lowest BCUT2D eigenvalue weighted by molar-refractivity contribution is 0.0793. The average Bonchev–Trinajstić information content (AvgIpc) is 2.59. The largest absolute Gasteiger partial charge is 0.340 e. The van der Waals surface area contributed by atoms with Crippen molar-refractivity contribution in [1.82, 2.24) is 19.9 Å². The quantitative estimate of drug-likeness (QED) is 0.740. The van der Waals surface area contributed by atoms with Crippen molar-refractivity contribution in [2.75, 3.05) is 13.6 Å². The van der Waals surface area contributed by atoms with E-state index in [-0.39, 0.29) is 5.91 Å². The van der Waals surface area contributed by atoms with Gasteiger partial charge in [-0.05, 0) is 30.2 Å². The zero-order chi connectivity index (χ0) is 15.4. The number of rotatable bonds is 4. The normalized spacial score (nSPS) is 10.6. The number of benzene rings is 1. The molecule has 0 bridgehead atoms. The summed E-state index contributed by atoms with van der Waals surface area (Å²) >= 11 is 0. The van der Waals surface area contributed by atoms with Gasteiger partial charge in [0.05, 0.1) is 5.52 Å². The van der Waals surface area contributed by atoms with Crippen LogP contribution >= 0.6 is 0 Å². The van der Waals surface area contributed by atoms with Gasteiger partial charge in [-0.2, -0.15) is 0 Å². The molecule has 110 valence electrons. The molecule has 1 amide bonds. The van der Waals surface area contributed by atoms with Gasteiger partial charge in [-0.15, -0.1) is 0 Å². The van der Waals surface area contributed by atoms with E-state index in [1.54, 1.807) is 24.3 Å². The molecule has 0 aliphatic rings. The van der Waals surface area contributed by atoms with Gasteiger partial charge in [-0.3, -0.25) is 9.78 Å². The minimum atomic E-state index is -0.0901. The Kier molecular flexibility index (Phi) is 4.05. The fourth-order valence-corrected chi connectivity index (χ4v) is 2.30. The number of pyridine rings is 1. The highest BCUT2D eigenvalue weighted by Gasteiger charge is 2.16. The van der Waals surface area contributed by atoms with E-state index in [2.05, 4.69) is 15.0 Å². The van der Waals surface area contributed by atoms with Crippen LogP contribution in [0.25, 0.3) is 10.9 Å². The molecule has 1 aromatic carbocycles. The Morgan fingerprint density at radius 2 is 1.86 bits per heavy atom. The minimum Gasteiger partial charge on any atom is -0.340 e. The van der Waals surface area contributed by atoms with Gasteiger partial charge in [0.2, 0.25) is 0 Å². The summed E-state index contributed by atoms with van der Waals surface area (Å²) in [6.45, 7) is 0.626. The summed E-state index contributed by atoms with van der Waals surface area (Å²) in [7, 11) is 1.79. The van der Waals surface area contributed by atoms with Crippen molar-refractivity contribution in [3.63, 3.8) is 0 Å². The first kappa shape index (κ1) is 14.1. The maximum absolute atomic E-state index is 12.6. The Balaban J connectivity index is 1.77. The Morgan fingerprint density at radius 3 is 2.68 bits per heavy atom. The summed E-state index contributed by atoms with van der Waals surface area (Å²) in [6.07, 6.45) is 5.74. The molecule has 5 nitrogen and oxygen atoms in total. The van der Waals surface area contributed by atoms with Crippen molar-refractivity contribution in [3.05, 3.63) is 66.4 Å². The van der Waals surface area contributed by atoms with E-state index in [9.17, 15) is 4.79 Å². The first-order valence-corrected chi connectivity index (χ1v) is 7.10. The lowest BCUT2D eigenvalue weighted by atomic mass is 10.1. The van der Waals surface area contributed by atoms with Gasteiger partial charge >= 0.3 is 0 Å². The second kappa shape index (κ2) is 6.30. The predicted octanol–water partition coefficient (Wildman–Crippen LogP) is 2.34. The van der Waals surface area contributed by atoms with Gasteiger partial charge in [0.25, 0.3) is 5.91 Å². The Morgan fingerprint density at radius 1 is 1.09 bits per heavy atom. The lowest BCUT2D eigenvalue weighted by Gasteiger charge is -2.17. The van der Waals surface area contributed by atoms with E-state index in [4.69, 9.17) is 0 Å². The second-order valence-corrected chi connectivity index (χ2v) is 5.07. The van der Waals surface area contributed by atoms with Crippen molar-refractivity contribution in [3.8, 4) is 0 Å². The zero-order valence-corrected chi connectivity index (χ0v) is 12.3. The molecule has 0 saturated heterocycles. The molecule has 0 N–H and O–H groups in total. The molecule has 0 spiro atoms. The van der Waals surface area contributed by atoms with Gasteiger partial charge in [-0.25, -0.2) is 9.97 Å². The smallest absolute Gasteiger partial charge is 0.272 e. The number of hydrogen-bond donors (Lipinski definition) is 0. The molecular formula is C17H16N4O. The number of fused-ring (bicyclic) bond motifs is 1. The Labute approximate surface area is 128 Å². The van der Waals surface area contributed by atoms with Crippen molar-refractivity contribution < 1.29 is 4.79 Å². The van der Waals surface area contributed by atoms with Crippen LogP contribution in [-0.4, -0.2) is 39.4 Å². The molecule has 5 heteroatoms. The second-order valence-electron chi connectivity index (χ2n) is 5.07. The van der Waals surface area contributed by atoms with Crippen LogP contribution in [0.1, 0.15) is 16.1 Å². The standard InChI is InChI=1S/C17H16N4O/c1-21(11-8-13-6-9-18-10-7-13)17(22)16-14-4-2-3-5-15(14)19-12-20-16/h2-7,9-10,12H,8,11H2,1H3. The molecule has 0 atom stereocenters. The predicted molar refractivity (Wildman–Crippen MR) is 84.4 cm³/mol. The van der Waals surface area contributed by atoms with Crippen LogP contribution < -0.4 is 0 Å². The molecule has 0 radical (unpaired) electrons. The summed E-state index contributed by atoms with van der Waals surface area (Å²) in [5.41, 5.74) is 2.38. The number of carbonyl (C=O) groups excluding carboxylic acids is 1. The van der Waals surface area contributed by atoms with E-state index in [0.29, 0.717) is 12.2 Å². The number of hydrogen-bond acceptors (Lipinski definition) is 4. The third-order valence-corrected chi connectivity index (χ3v) is 3.58. The minimum absolute atomic E-state index is 0.0901. The molecule has 0 aliphatic heterocycles. The van der Waals surface area contributed by atoms with Gasteiger partial charge in [-0.1, -0.05) is 18.2 Å². The lowest BCUT2D eigenvalue weighted by Crippen LogP contribution is -2.29. The van der Waals surface area contributed by atoms with Crippen LogP contribution in [0, 0.1) is 0 Å². The van der Waals surface area contributed by atoms with E-state index in [1.165, 1.54) is 6.33 Å². The van der Waals surface area contributed by atoms with Crippen LogP contribution in [0.5, 0.6) is 0 Å². The summed E-state index contributed by atoms with van der Waals surface area (Å²) < 4.78 is 0. The number of likely N-dealkylation sites (N-methyl/N-ethyl adjacent to an activating group) is 1. The molecule has 0 aliphatic carbocycles. The Bertz CT molecular complexity index is 784. The fourth-order valence-electron chi connectivity index (χ4n) is 2.30. The van der Waals surface area contributed by atoms with E-state index in [0.717, 1.165) is 22.9 Å². The van der Waals surface area contributed by atoms with Gasteiger partial charge < -0.3 is 4.90 Å². The maximum atomic E-state index is 12.6. The monoisotopic (exact) mass is 292 g/mol. The van der Waals surface area contributed by atoms with Crippen LogP contribution in [-0.2, 0) is 6.42 Å². The molecule has 3 rings (SSSR count). The maximum Gasteiger partial charge on any atom is 0.272 e. The number of amides is 1. The molecule has 0 saturated carbocycles. The molecule has 2 heterocycles. The fraction of sp³-hybridized carbons (Fsp3) is 0.176. The summed E-state index contributed by atoms with van der Waals surface area (Å²) in [5, 5.41) is 0.783. The molecular weight excluding hydrogens is 276 g/mol. The van der Waals surface area contributed by atoms with Crippen molar-refractivity contribution in [1.29, 1.82) is 0 Å². The van der Waals surface area contributed by atoms with E-state index in [1.807, 2.05) is 36.4 Å². The highest BCUT2D eigenvalue weighted by Crippen LogP contribution is 2.15. The molecule has 0 fully saturated rings. The van der Waals surface area contributed by atoms with E-state index >= 15 is 0 Å². The zero-order valence-electron chi connectivity index (χ0n) is 12.3. The molecule has 22 heavy (non-hydrogen) atoms. The summed E-state index contributed by atoms with van der Waals surface area (Å²) in [4.78, 5) is 26.6. The van der Waals surface area contributed by atoms with Crippen molar-refractivity contribution in [2.45, 2.75) is 6.42 Å². The van der Waals surface area contributed by atoms with Crippen LogP contribution in [0.4, 0.5) is 0 Å². The first-order valence-electron chi connectivity index (χ1n) is 7.10.